The Hall–Kier alpha value is -1.75. The maximum atomic E-state index is 13.7. The number of fused-ring (bicyclic) bond motifs is 1. The number of carbonyl (C=O) groups is 1. The third kappa shape index (κ3) is 7.27. The van der Waals surface area contributed by atoms with E-state index in [1.807, 2.05) is 0 Å². The van der Waals surface area contributed by atoms with Crippen molar-refractivity contribution >= 4 is 92.3 Å². The SMILES string of the molecule is O=C(O)C1Cc2ccccc2N1S(=O)(=O)c1cnc(N2CCC(CCCC3CCN(S(=O)(=O)c4cc(Br)c(Cl)s4)CC3)CC2)c(Br)c1. The average Bonchev–Trinajstić information content (AvgIpc) is 3.62. The Morgan fingerprint density at radius 2 is 1.57 bits per heavy atom. The molecule has 0 saturated carbocycles. The highest BCUT2D eigenvalue weighted by Crippen LogP contribution is 2.40. The number of thiophene rings is 1. The number of aliphatic carboxylic acids is 1. The van der Waals surface area contributed by atoms with Crippen LogP contribution in [0.25, 0.3) is 0 Å². The molecule has 1 atom stereocenters. The first kappa shape index (κ1) is 35.1. The number of nitrogens with zero attached hydrogens (tertiary/aromatic N) is 4. The van der Waals surface area contributed by atoms with Gasteiger partial charge in [0, 0.05) is 43.3 Å². The molecule has 1 unspecified atom stereocenters. The summed E-state index contributed by atoms with van der Waals surface area (Å²) in [5.41, 5.74) is 1.06. The second-order valence-corrected chi connectivity index (χ2v) is 19.7. The van der Waals surface area contributed by atoms with E-state index in [0.717, 1.165) is 73.7 Å². The predicted octanol–water partition coefficient (Wildman–Crippen LogP) is 7.01. The van der Waals surface area contributed by atoms with Gasteiger partial charge in [-0.15, -0.1) is 11.3 Å². The standard InChI is InChI=1S/C31H35Br2ClN4O6S3/c32-24-18-28(45-29(24)34)47(43,44)37-14-10-21(11-15-37)5-3-4-20-8-12-36(13-9-20)30-25(33)17-23(19-35-30)46(41,42)38-26-7-2-1-6-22(26)16-27(38)31(39)40/h1-2,6-7,17-21,27H,3-5,8-16H2,(H,39,40). The minimum Gasteiger partial charge on any atom is -0.480 e. The van der Waals surface area contributed by atoms with E-state index in [2.05, 4.69) is 41.7 Å². The molecule has 0 amide bonds. The monoisotopic (exact) mass is 848 g/mol. The number of anilines is 2. The Kier molecular flexibility index (Phi) is 10.6. The van der Waals surface area contributed by atoms with Crippen molar-refractivity contribution in [2.24, 2.45) is 11.8 Å². The van der Waals surface area contributed by atoms with Crippen molar-refractivity contribution in [3.63, 3.8) is 0 Å². The Balaban J connectivity index is 0.987. The smallest absolute Gasteiger partial charge is 0.327 e. The van der Waals surface area contributed by atoms with Gasteiger partial charge in [0.1, 0.15) is 25.3 Å². The lowest BCUT2D eigenvalue weighted by molar-refractivity contribution is -0.138. The summed E-state index contributed by atoms with van der Waals surface area (Å²) in [6, 6.07) is 8.76. The summed E-state index contributed by atoms with van der Waals surface area (Å²) >= 11 is 14.0. The van der Waals surface area contributed by atoms with Gasteiger partial charge < -0.3 is 10.0 Å². The van der Waals surface area contributed by atoms with E-state index >= 15 is 0 Å². The van der Waals surface area contributed by atoms with Crippen LogP contribution in [0.1, 0.15) is 50.5 Å². The maximum absolute atomic E-state index is 13.7. The van der Waals surface area contributed by atoms with Crippen LogP contribution in [0.4, 0.5) is 11.5 Å². The number of piperidine rings is 2. The van der Waals surface area contributed by atoms with Gasteiger partial charge in [-0.25, -0.2) is 26.6 Å². The van der Waals surface area contributed by atoms with Crippen LogP contribution in [0.2, 0.25) is 4.34 Å². The van der Waals surface area contributed by atoms with E-state index in [1.165, 1.54) is 12.3 Å². The molecule has 254 valence electrons. The number of rotatable bonds is 10. The Morgan fingerprint density at radius 3 is 2.17 bits per heavy atom. The summed E-state index contributed by atoms with van der Waals surface area (Å²) in [5.74, 6) is 0.602. The van der Waals surface area contributed by atoms with E-state index in [-0.39, 0.29) is 15.5 Å². The van der Waals surface area contributed by atoms with Gasteiger partial charge in [-0.3, -0.25) is 4.31 Å². The molecule has 6 rings (SSSR count). The molecule has 2 aromatic heterocycles. The molecule has 47 heavy (non-hydrogen) atoms. The van der Waals surface area contributed by atoms with Gasteiger partial charge in [0.2, 0.25) is 0 Å². The fraction of sp³-hybridized carbons (Fsp3) is 0.484. The molecule has 3 aromatic rings. The van der Waals surface area contributed by atoms with E-state index < -0.39 is 32.1 Å². The fourth-order valence-electron chi connectivity index (χ4n) is 6.89. The molecule has 2 saturated heterocycles. The highest BCUT2D eigenvalue weighted by atomic mass is 79.9. The lowest BCUT2D eigenvalue weighted by atomic mass is 9.87. The van der Waals surface area contributed by atoms with Crippen LogP contribution in [-0.4, -0.2) is 69.4 Å². The minimum atomic E-state index is -4.17. The summed E-state index contributed by atoms with van der Waals surface area (Å²) in [6.07, 6.45) is 8.52. The third-order valence-electron chi connectivity index (χ3n) is 9.49. The van der Waals surface area contributed by atoms with Gasteiger partial charge in [-0.05, 0) is 93.1 Å². The molecule has 0 radical (unpaired) electrons. The number of carboxylic acids is 1. The van der Waals surface area contributed by atoms with Crippen molar-refractivity contribution in [1.29, 1.82) is 0 Å². The molecule has 10 nitrogen and oxygen atoms in total. The minimum absolute atomic E-state index is 0.0570. The zero-order chi connectivity index (χ0) is 33.5. The maximum Gasteiger partial charge on any atom is 0.327 e. The van der Waals surface area contributed by atoms with Crippen molar-refractivity contribution in [1.82, 2.24) is 9.29 Å². The van der Waals surface area contributed by atoms with Crippen LogP contribution < -0.4 is 9.21 Å². The van der Waals surface area contributed by atoms with E-state index in [0.29, 0.717) is 55.3 Å². The highest BCUT2D eigenvalue weighted by Gasteiger charge is 2.42. The van der Waals surface area contributed by atoms with Crippen LogP contribution in [0, 0.1) is 11.8 Å². The summed E-state index contributed by atoms with van der Waals surface area (Å²) in [4.78, 5) is 18.6. The van der Waals surface area contributed by atoms with Crippen molar-refractivity contribution in [3.8, 4) is 0 Å². The number of hydrogen-bond donors (Lipinski definition) is 1. The highest BCUT2D eigenvalue weighted by molar-refractivity contribution is 9.11. The quantitative estimate of drug-likeness (QED) is 0.231. The number of hydrogen-bond acceptors (Lipinski definition) is 8. The average molecular weight is 851 g/mol. The zero-order valence-electron chi connectivity index (χ0n) is 25.4. The first-order chi connectivity index (χ1) is 22.4. The van der Waals surface area contributed by atoms with Crippen LogP contribution in [0.5, 0.6) is 0 Å². The molecular formula is C31H35Br2ClN4O6S3. The first-order valence-corrected chi connectivity index (χ1v) is 21.2. The summed E-state index contributed by atoms with van der Waals surface area (Å²) in [5, 5.41) is 9.79. The Morgan fingerprint density at radius 1 is 0.936 bits per heavy atom. The Labute approximate surface area is 301 Å². The molecule has 1 N–H and O–H groups in total. The normalized spacial score (nSPS) is 20.1. The molecule has 16 heteroatoms. The topological polar surface area (TPSA) is 128 Å². The fourth-order valence-corrected chi connectivity index (χ4v) is 13.2. The molecule has 3 aliphatic heterocycles. The molecule has 1 aromatic carbocycles. The van der Waals surface area contributed by atoms with E-state index in [9.17, 15) is 26.7 Å². The molecule has 0 aliphatic carbocycles. The van der Waals surface area contributed by atoms with Crippen molar-refractivity contribution in [2.75, 3.05) is 35.4 Å². The largest absolute Gasteiger partial charge is 0.480 e. The number of carboxylic acid groups (broad SMARTS) is 1. The third-order valence-corrected chi connectivity index (χ3v) is 16.7. The summed E-state index contributed by atoms with van der Waals surface area (Å²) < 4.78 is 57.9. The van der Waals surface area contributed by atoms with Gasteiger partial charge in [0.15, 0.2) is 0 Å². The number of aromatic nitrogens is 1. The van der Waals surface area contributed by atoms with Gasteiger partial charge >= 0.3 is 5.97 Å². The van der Waals surface area contributed by atoms with Crippen molar-refractivity contribution in [3.05, 3.63) is 61.4 Å². The first-order valence-electron chi connectivity index (χ1n) is 15.6. The molecule has 0 bridgehead atoms. The number of benzene rings is 1. The second kappa shape index (κ2) is 14.2. The molecule has 2 fully saturated rings. The molecule has 3 aliphatic rings. The number of pyridine rings is 1. The van der Waals surface area contributed by atoms with Crippen LogP contribution >= 0.6 is 54.8 Å². The number of halogens is 3. The van der Waals surface area contributed by atoms with E-state index in [1.54, 1.807) is 34.6 Å². The van der Waals surface area contributed by atoms with Gasteiger partial charge in [0.25, 0.3) is 20.0 Å². The van der Waals surface area contributed by atoms with E-state index in [4.69, 9.17) is 11.6 Å². The predicted molar refractivity (Wildman–Crippen MR) is 190 cm³/mol. The lowest BCUT2D eigenvalue weighted by Gasteiger charge is -2.34. The van der Waals surface area contributed by atoms with Gasteiger partial charge in [-0.2, -0.15) is 4.31 Å². The number of sulfonamides is 2. The van der Waals surface area contributed by atoms with Crippen molar-refractivity contribution in [2.45, 2.75) is 66.5 Å². The Bertz CT molecular complexity index is 1840. The molecule has 0 spiro atoms. The zero-order valence-corrected chi connectivity index (χ0v) is 31.8. The lowest BCUT2D eigenvalue weighted by Crippen LogP contribution is -2.42. The van der Waals surface area contributed by atoms with Gasteiger partial charge in [0.05, 0.1) is 10.2 Å². The molecule has 5 heterocycles. The summed E-state index contributed by atoms with van der Waals surface area (Å²) in [7, 11) is -7.68. The van der Waals surface area contributed by atoms with Crippen LogP contribution in [0.15, 0.2) is 60.6 Å². The summed E-state index contributed by atoms with van der Waals surface area (Å²) in [6.45, 7) is 2.68. The molecular weight excluding hydrogens is 816 g/mol. The van der Waals surface area contributed by atoms with Gasteiger partial charge in [-0.1, -0.05) is 49.1 Å². The van der Waals surface area contributed by atoms with Crippen molar-refractivity contribution < 1.29 is 26.7 Å². The number of para-hydroxylation sites is 1. The van der Waals surface area contributed by atoms with Crippen LogP contribution in [0.3, 0.4) is 0 Å². The van der Waals surface area contributed by atoms with Crippen LogP contribution in [-0.2, 0) is 31.3 Å². The second-order valence-electron chi connectivity index (χ2n) is 12.4.